The third-order valence-electron chi connectivity index (χ3n) is 2.11. The highest BCUT2D eigenvalue weighted by Gasteiger charge is 2.26. The van der Waals surface area contributed by atoms with Crippen molar-refractivity contribution in [1.82, 2.24) is 15.1 Å². The van der Waals surface area contributed by atoms with Crippen LogP contribution >= 0.6 is 20.4 Å². The largest absolute Gasteiger partial charge is 0.480 e. The predicted octanol–water partition coefficient (Wildman–Crippen LogP) is -1.58. The molecule has 0 saturated heterocycles. The summed E-state index contributed by atoms with van der Waals surface area (Å²) in [4.78, 5) is 43.9. The summed E-state index contributed by atoms with van der Waals surface area (Å²) >= 11 is 3.65. The molecule has 13 heteroatoms. The second-order valence-corrected chi connectivity index (χ2v) is 5.68. The van der Waals surface area contributed by atoms with Gasteiger partial charge < -0.3 is 30.7 Å². The third-order valence-corrected chi connectivity index (χ3v) is 3.16. The lowest BCUT2D eigenvalue weighted by atomic mass is 10.2. The van der Waals surface area contributed by atoms with Crippen LogP contribution in [0.1, 0.15) is 5.69 Å². The smallest absolute Gasteiger partial charge is 0.401 e. The number of aliphatic carboxylic acids is 2. The molecule has 0 bridgehead atoms. The molecule has 1 heterocycles. The van der Waals surface area contributed by atoms with Crippen molar-refractivity contribution in [3.63, 3.8) is 0 Å². The number of nitrogens with zero attached hydrogens (tertiary/aromatic N) is 1. The number of hydrogen-bond acceptors (Lipinski definition) is 6. The van der Waals surface area contributed by atoms with Crippen molar-refractivity contribution in [1.29, 1.82) is 0 Å². The Morgan fingerprint density at radius 2 is 2.00 bits per heavy atom. The van der Waals surface area contributed by atoms with Crippen molar-refractivity contribution in [2.75, 3.05) is 5.75 Å². The van der Waals surface area contributed by atoms with E-state index in [1.165, 1.54) is 12.5 Å². The van der Waals surface area contributed by atoms with Crippen molar-refractivity contribution in [3.05, 3.63) is 18.2 Å². The van der Waals surface area contributed by atoms with E-state index in [1.54, 1.807) is 5.09 Å². The van der Waals surface area contributed by atoms with Gasteiger partial charge in [0.05, 0.1) is 6.33 Å². The molecule has 0 aromatic carbocycles. The van der Waals surface area contributed by atoms with Crippen LogP contribution in [-0.4, -0.2) is 59.7 Å². The molecule has 0 aliphatic rings. The molecule has 0 amide bonds. The first-order valence-electron chi connectivity index (χ1n) is 5.69. The fourth-order valence-electron chi connectivity index (χ4n) is 1.09. The van der Waals surface area contributed by atoms with Crippen molar-refractivity contribution in [2.24, 2.45) is 5.73 Å². The maximum Gasteiger partial charge on any atom is 0.401 e. The number of hydrogen-bond donors (Lipinski definition) is 8. The number of H-pyrrole nitrogens is 1. The van der Waals surface area contributed by atoms with E-state index in [1.807, 2.05) is 0 Å². The lowest BCUT2D eigenvalue weighted by Crippen LogP contribution is -2.36. The molecule has 11 nitrogen and oxygen atoms in total. The van der Waals surface area contributed by atoms with Crippen LogP contribution in [0.5, 0.6) is 0 Å². The molecular weight excluding hydrogens is 339 g/mol. The van der Waals surface area contributed by atoms with E-state index in [9.17, 15) is 14.2 Å². The molecule has 126 valence electrons. The number of thiol groups is 1. The number of carbonyl (C=O) groups is 2. The Hall–Kier alpha value is -1.43. The maximum atomic E-state index is 10.7. The maximum absolute atomic E-state index is 10.7. The summed E-state index contributed by atoms with van der Waals surface area (Å²) in [5.74, 6) is -2.15. The van der Waals surface area contributed by atoms with Gasteiger partial charge in [-0.1, -0.05) is 0 Å². The van der Waals surface area contributed by atoms with E-state index in [0.717, 1.165) is 0 Å². The molecule has 0 unspecified atom stereocenters. The van der Waals surface area contributed by atoms with Gasteiger partial charge in [0.2, 0.25) is 0 Å². The van der Waals surface area contributed by atoms with E-state index in [0.29, 0.717) is 5.69 Å². The van der Waals surface area contributed by atoms with E-state index >= 15 is 0 Å². The highest BCUT2D eigenvalue weighted by molar-refractivity contribution is 7.80. The van der Waals surface area contributed by atoms with Gasteiger partial charge in [-0.3, -0.25) is 9.59 Å². The molecule has 0 aliphatic carbocycles. The predicted molar refractivity (Wildman–Crippen MR) is 78.4 cm³/mol. The van der Waals surface area contributed by atoms with Gasteiger partial charge in [0.25, 0.3) is 0 Å². The molecule has 2 atom stereocenters. The minimum absolute atomic E-state index is 0.0829. The molecule has 0 aliphatic heterocycles. The summed E-state index contributed by atoms with van der Waals surface area (Å²) in [6, 6.07) is -2.17. The number of rotatable bonds is 7. The molecule has 0 fully saturated rings. The zero-order valence-corrected chi connectivity index (χ0v) is 12.9. The highest BCUT2D eigenvalue weighted by atomic mass is 32.1. The van der Waals surface area contributed by atoms with Crippen LogP contribution in [-0.2, 0) is 20.6 Å². The second kappa shape index (κ2) is 9.56. The van der Waals surface area contributed by atoms with Gasteiger partial charge >= 0.3 is 19.7 Å². The van der Waals surface area contributed by atoms with Crippen LogP contribution in [0.15, 0.2) is 12.5 Å². The van der Waals surface area contributed by atoms with Crippen molar-refractivity contribution in [3.8, 4) is 0 Å². The Morgan fingerprint density at radius 3 is 2.27 bits per heavy atom. The molecule has 0 saturated carbocycles. The molecule has 22 heavy (non-hydrogen) atoms. The number of aromatic amines is 1. The van der Waals surface area contributed by atoms with Crippen LogP contribution < -0.4 is 10.8 Å². The lowest BCUT2D eigenvalue weighted by Gasteiger charge is -2.13. The monoisotopic (exact) mass is 356 g/mol. The van der Waals surface area contributed by atoms with Gasteiger partial charge in [-0.25, -0.2) is 14.6 Å². The zero-order valence-electron chi connectivity index (χ0n) is 11.2. The number of nitrogens with one attached hydrogen (secondary N) is 2. The minimum atomic E-state index is -4.56. The van der Waals surface area contributed by atoms with Crippen LogP contribution in [0.3, 0.4) is 0 Å². The summed E-state index contributed by atoms with van der Waals surface area (Å²) in [6.45, 7) is 0. The summed E-state index contributed by atoms with van der Waals surface area (Å²) in [5, 5.41) is 18.4. The first kappa shape index (κ1) is 20.6. The third kappa shape index (κ3) is 9.50. The van der Waals surface area contributed by atoms with Crippen LogP contribution in [0.4, 0.5) is 0 Å². The molecule has 0 radical (unpaired) electrons. The first-order valence-corrected chi connectivity index (χ1v) is 7.94. The number of carboxylic acid groups (broad SMARTS) is 2. The molecule has 1 aromatic heterocycles. The number of nitrogens with two attached hydrogens (primary N) is 1. The molecule has 0 spiro atoms. The standard InChI is InChI=1S/C6H10N3O5P.C3H7NO2S/c10-6(11)5(9-15(12,13)14)1-4-2-7-3-8-4;4-2(1-7)3(5)6/h2-3,5H,1H2,(H,7,8)(H,10,11)(H3,9,12,13,14);2,7H,1,4H2,(H,5,6)/t5-;2-/m00/s1. The highest BCUT2D eigenvalue weighted by Crippen LogP contribution is 2.29. The van der Waals surface area contributed by atoms with E-state index in [2.05, 4.69) is 22.6 Å². The lowest BCUT2D eigenvalue weighted by molar-refractivity contribution is -0.139. The Bertz CT molecular complexity index is 520. The average molecular weight is 356 g/mol. The van der Waals surface area contributed by atoms with Crippen LogP contribution in [0.25, 0.3) is 0 Å². The van der Waals surface area contributed by atoms with E-state index < -0.39 is 31.8 Å². The summed E-state index contributed by atoms with van der Waals surface area (Å²) in [5.41, 5.74) is 5.42. The van der Waals surface area contributed by atoms with Crippen molar-refractivity contribution >= 4 is 32.3 Å². The Balaban J connectivity index is 0.000000534. The topological polar surface area (TPSA) is 199 Å². The summed E-state index contributed by atoms with van der Waals surface area (Å²) in [6.07, 6.45) is 2.66. The SMILES string of the molecule is N[C@@H](CS)C(=O)O.O=C(O)[C@H](Cc1cnc[nH]1)NP(=O)(O)O. The molecule has 1 aromatic rings. The minimum Gasteiger partial charge on any atom is -0.480 e. The Morgan fingerprint density at radius 1 is 1.41 bits per heavy atom. The first-order chi connectivity index (χ1) is 10.1. The quantitative estimate of drug-likeness (QED) is 0.208. The molecule has 1 rings (SSSR count). The zero-order chi connectivity index (χ0) is 17.3. The molecule has 8 N–H and O–H groups in total. The van der Waals surface area contributed by atoms with E-state index in [-0.39, 0.29) is 12.2 Å². The summed E-state index contributed by atoms with van der Waals surface area (Å²) < 4.78 is 10.6. The number of carboxylic acids is 2. The number of imidazole rings is 1. The van der Waals surface area contributed by atoms with Gasteiger partial charge in [-0.2, -0.15) is 12.6 Å². The van der Waals surface area contributed by atoms with Crippen molar-refractivity contribution < 1.29 is 34.2 Å². The van der Waals surface area contributed by atoms with Gasteiger partial charge in [-0.15, -0.1) is 0 Å². The van der Waals surface area contributed by atoms with Gasteiger partial charge in [0.1, 0.15) is 12.1 Å². The van der Waals surface area contributed by atoms with Crippen LogP contribution in [0.2, 0.25) is 0 Å². The molecular formula is C9H17N4O7PS. The number of aromatic nitrogens is 2. The average Bonchev–Trinajstić information content (AvgIpc) is 2.88. The van der Waals surface area contributed by atoms with Gasteiger partial charge in [0.15, 0.2) is 0 Å². The second-order valence-electron chi connectivity index (χ2n) is 3.97. The van der Waals surface area contributed by atoms with Crippen molar-refractivity contribution in [2.45, 2.75) is 18.5 Å². The normalized spacial score (nSPS) is 13.6. The van der Waals surface area contributed by atoms with Gasteiger partial charge in [0, 0.05) is 24.1 Å². The summed E-state index contributed by atoms with van der Waals surface area (Å²) in [7, 11) is -4.56. The fraction of sp³-hybridized carbons (Fsp3) is 0.444. The van der Waals surface area contributed by atoms with Crippen LogP contribution in [0, 0.1) is 0 Å². The fourth-order valence-corrected chi connectivity index (χ4v) is 1.85. The Labute approximate surface area is 130 Å². The Kier molecular flexibility index (Phi) is 8.94. The van der Waals surface area contributed by atoms with Gasteiger partial charge in [-0.05, 0) is 0 Å². The van der Waals surface area contributed by atoms with E-state index in [4.69, 9.17) is 25.7 Å².